The van der Waals surface area contributed by atoms with E-state index in [-0.39, 0.29) is 5.92 Å². The van der Waals surface area contributed by atoms with Gasteiger partial charge in [0.05, 0.1) is 5.92 Å². The van der Waals surface area contributed by atoms with Gasteiger partial charge in [0.25, 0.3) is 0 Å². The van der Waals surface area contributed by atoms with Gasteiger partial charge in [0, 0.05) is 0 Å². The molecule has 2 nitrogen and oxygen atoms in total. The summed E-state index contributed by atoms with van der Waals surface area (Å²) in [6.45, 7) is 6.83. The number of carboxylic acids is 1. The average molecular weight is 437 g/mol. The Balaban J connectivity index is 3.52. The van der Waals surface area contributed by atoms with E-state index in [0.29, 0.717) is 0 Å². The molecule has 184 valence electrons. The summed E-state index contributed by atoms with van der Waals surface area (Å²) in [4.78, 5) is 11.5. The molecule has 0 aliphatic rings. The van der Waals surface area contributed by atoms with Crippen LogP contribution in [0.15, 0.2) is 12.2 Å². The molecule has 2 heteroatoms. The first-order valence-corrected chi connectivity index (χ1v) is 14.0. The first-order valence-electron chi connectivity index (χ1n) is 14.0. The second-order valence-electron chi connectivity index (χ2n) is 9.93. The smallest absolute Gasteiger partial charge is 0.306 e. The minimum Gasteiger partial charge on any atom is -0.481 e. The molecule has 2 atom stereocenters. The Labute approximate surface area is 195 Å². The maximum atomic E-state index is 11.5. The number of carbonyl (C=O) groups is 1. The molecule has 0 amide bonds. The van der Waals surface area contributed by atoms with E-state index in [4.69, 9.17) is 0 Å². The van der Waals surface area contributed by atoms with E-state index >= 15 is 0 Å². The summed E-state index contributed by atoms with van der Waals surface area (Å²) in [6, 6.07) is 0. The van der Waals surface area contributed by atoms with Gasteiger partial charge in [-0.15, -0.1) is 0 Å². The molecule has 0 heterocycles. The number of aliphatic carboxylic acids is 1. The molecule has 0 aromatic heterocycles. The van der Waals surface area contributed by atoms with Crippen LogP contribution in [-0.2, 0) is 4.79 Å². The Bertz CT molecular complexity index is 402. The van der Waals surface area contributed by atoms with E-state index in [9.17, 15) is 9.90 Å². The fraction of sp³-hybridized carbons (Fsp3) is 0.897. The van der Waals surface area contributed by atoms with Gasteiger partial charge in [-0.05, 0) is 38.0 Å². The molecule has 0 aromatic carbocycles. The SMILES string of the molecule is CCCCCCCCCCCCCCC(CCCCCC/C=C\CC(C)CC)C(=O)O. The molecule has 0 saturated carbocycles. The summed E-state index contributed by atoms with van der Waals surface area (Å²) in [5.74, 6) is 0.115. The van der Waals surface area contributed by atoms with Gasteiger partial charge in [0.2, 0.25) is 0 Å². The maximum Gasteiger partial charge on any atom is 0.306 e. The standard InChI is InChI=1S/C29H56O2/c1-4-6-7-8-9-10-11-12-13-16-19-22-25-28(29(30)31)26-23-20-17-14-15-18-21-24-27(3)5-2/h18,21,27-28H,4-17,19-20,22-26H2,1-3H3,(H,30,31)/b21-18-. The predicted molar refractivity (Wildman–Crippen MR) is 138 cm³/mol. The van der Waals surface area contributed by atoms with E-state index in [0.717, 1.165) is 31.6 Å². The average Bonchev–Trinajstić information content (AvgIpc) is 2.76. The zero-order chi connectivity index (χ0) is 23.0. The first-order chi connectivity index (χ1) is 15.1. The summed E-state index contributed by atoms with van der Waals surface area (Å²) in [5, 5.41) is 9.51. The molecule has 0 aliphatic heterocycles. The molecule has 0 aliphatic carbocycles. The Morgan fingerprint density at radius 3 is 1.58 bits per heavy atom. The summed E-state index contributed by atoms with van der Waals surface area (Å²) in [5.41, 5.74) is 0. The van der Waals surface area contributed by atoms with Crippen LogP contribution in [0, 0.1) is 11.8 Å². The lowest BCUT2D eigenvalue weighted by Gasteiger charge is -2.12. The fourth-order valence-corrected chi connectivity index (χ4v) is 4.24. The summed E-state index contributed by atoms with van der Waals surface area (Å²) >= 11 is 0. The van der Waals surface area contributed by atoms with E-state index in [2.05, 4.69) is 32.9 Å². The van der Waals surface area contributed by atoms with E-state index in [1.54, 1.807) is 0 Å². The quantitative estimate of drug-likeness (QED) is 0.121. The van der Waals surface area contributed by atoms with Gasteiger partial charge in [-0.1, -0.05) is 136 Å². The molecule has 1 N–H and O–H groups in total. The number of hydrogen-bond acceptors (Lipinski definition) is 1. The lowest BCUT2D eigenvalue weighted by molar-refractivity contribution is -0.142. The second-order valence-corrected chi connectivity index (χ2v) is 9.93. The van der Waals surface area contributed by atoms with Crippen molar-refractivity contribution in [2.75, 3.05) is 0 Å². The van der Waals surface area contributed by atoms with Crippen molar-refractivity contribution < 1.29 is 9.90 Å². The van der Waals surface area contributed by atoms with Gasteiger partial charge in [-0.2, -0.15) is 0 Å². The molecule has 0 bridgehead atoms. The van der Waals surface area contributed by atoms with Crippen LogP contribution in [0.5, 0.6) is 0 Å². The lowest BCUT2D eigenvalue weighted by atomic mass is 9.94. The van der Waals surface area contributed by atoms with Gasteiger partial charge >= 0.3 is 5.97 Å². The molecule has 0 aromatic rings. The number of allylic oxidation sites excluding steroid dienone is 2. The van der Waals surface area contributed by atoms with Crippen LogP contribution in [0.2, 0.25) is 0 Å². The summed E-state index contributed by atoms with van der Waals surface area (Å²) in [6.07, 6.45) is 30.8. The van der Waals surface area contributed by atoms with E-state index in [1.807, 2.05) is 0 Å². The molecule has 0 saturated heterocycles. The summed E-state index contributed by atoms with van der Waals surface area (Å²) in [7, 11) is 0. The molecule has 31 heavy (non-hydrogen) atoms. The van der Waals surface area contributed by atoms with Crippen molar-refractivity contribution in [3.05, 3.63) is 12.2 Å². The van der Waals surface area contributed by atoms with Crippen LogP contribution < -0.4 is 0 Å². The predicted octanol–water partition coefficient (Wildman–Crippen LogP) is 10.1. The molecule has 2 unspecified atom stereocenters. The van der Waals surface area contributed by atoms with Crippen LogP contribution in [0.4, 0.5) is 0 Å². The minimum absolute atomic E-state index is 0.112. The second kappa shape index (κ2) is 23.9. The number of carboxylic acid groups (broad SMARTS) is 1. The Morgan fingerprint density at radius 1 is 0.677 bits per heavy atom. The molecule has 0 radical (unpaired) electrons. The fourth-order valence-electron chi connectivity index (χ4n) is 4.24. The summed E-state index contributed by atoms with van der Waals surface area (Å²) < 4.78 is 0. The van der Waals surface area contributed by atoms with Gasteiger partial charge in [-0.3, -0.25) is 4.79 Å². The van der Waals surface area contributed by atoms with Crippen LogP contribution in [0.3, 0.4) is 0 Å². The third-order valence-electron chi connectivity index (χ3n) is 6.83. The molecule has 0 fully saturated rings. The third kappa shape index (κ3) is 22.2. The highest BCUT2D eigenvalue weighted by Crippen LogP contribution is 2.20. The van der Waals surface area contributed by atoms with Crippen molar-refractivity contribution >= 4 is 5.97 Å². The number of rotatable bonds is 24. The normalized spacial score (nSPS) is 13.6. The van der Waals surface area contributed by atoms with Crippen molar-refractivity contribution in [2.24, 2.45) is 11.8 Å². The maximum absolute atomic E-state index is 11.5. The van der Waals surface area contributed by atoms with Gasteiger partial charge < -0.3 is 5.11 Å². The van der Waals surface area contributed by atoms with Crippen molar-refractivity contribution in [3.63, 3.8) is 0 Å². The highest BCUT2D eigenvalue weighted by atomic mass is 16.4. The largest absolute Gasteiger partial charge is 0.481 e. The topological polar surface area (TPSA) is 37.3 Å². The van der Waals surface area contributed by atoms with Crippen molar-refractivity contribution in [1.29, 1.82) is 0 Å². The molecular formula is C29H56O2. The third-order valence-corrected chi connectivity index (χ3v) is 6.83. The monoisotopic (exact) mass is 436 g/mol. The Morgan fingerprint density at radius 2 is 1.13 bits per heavy atom. The highest BCUT2D eigenvalue weighted by Gasteiger charge is 2.16. The molecule has 0 spiro atoms. The van der Waals surface area contributed by atoms with Crippen LogP contribution in [0.1, 0.15) is 156 Å². The first kappa shape index (κ1) is 30.2. The zero-order valence-corrected chi connectivity index (χ0v) is 21.5. The van der Waals surface area contributed by atoms with E-state index < -0.39 is 5.97 Å². The zero-order valence-electron chi connectivity index (χ0n) is 21.5. The van der Waals surface area contributed by atoms with Gasteiger partial charge in [-0.25, -0.2) is 0 Å². The molecular weight excluding hydrogens is 380 g/mol. The minimum atomic E-state index is -0.573. The van der Waals surface area contributed by atoms with Crippen LogP contribution in [0.25, 0.3) is 0 Å². The van der Waals surface area contributed by atoms with Gasteiger partial charge in [0.1, 0.15) is 0 Å². The van der Waals surface area contributed by atoms with Crippen LogP contribution >= 0.6 is 0 Å². The van der Waals surface area contributed by atoms with Gasteiger partial charge in [0.15, 0.2) is 0 Å². The number of hydrogen-bond donors (Lipinski definition) is 1. The lowest BCUT2D eigenvalue weighted by Crippen LogP contribution is -2.13. The van der Waals surface area contributed by atoms with E-state index in [1.165, 1.54) is 109 Å². The van der Waals surface area contributed by atoms with Crippen LogP contribution in [-0.4, -0.2) is 11.1 Å². The van der Waals surface area contributed by atoms with Crippen molar-refractivity contribution in [3.8, 4) is 0 Å². The van der Waals surface area contributed by atoms with Crippen molar-refractivity contribution in [2.45, 2.75) is 156 Å². The van der Waals surface area contributed by atoms with Crippen molar-refractivity contribution in [1.82, 2.24) is 0 Å². The Kier molecular flexibility index (Phi) is 23.3. The Hall–Kier alpha value is -0.790. The highest BCUT2D eigenvalue weighted by molar-refractivity contribution is 5.69. The molecule has 0 rings (SSSR count). The number of unbranched alkanes of at least 4 members (excludes halogenated alkanes) is 15.